The Morgan fingerprint density at radius 2 is 2.25 bits per heavy atom. The lowest BCUT2D eigenvalue weighted by Crippen LogP contribution is -2.49. The molecule has 3 nitrogen and oxygen atoms in total. The van der Waals surface area contributed by atoms with Gasteiger partial charge in [0.2, 0.25) is 0 Å². The highest BCUT2D eigenvalue weighted by molar-refractivity contribution is 6.32. The average Bonchev–Trinajstić information content (AvgIpc) is 2.24. The summed E-state index contributed by atoms with van der Waals surface area (Å²) in [4.78, 5) is 0. The van der Waals surface area contributed by atoms with Crippen molar-refractivity contribution >= 4 is 11.6 Å². The zero-order valence-electron chi connectivity index (χ0n) is 9.33. The van der Waals surface area contributed by atoms with Crippen LogP contribution in [-0.4, -0.2) is 26.9 Å². The molecule has 0 aromatic heterocycles. The highest BCUT2D eigenvalue weighted by Gasteiger charge is 2.37. The molecule has 88 valence electrons. The quantitative estimate of drug-likeness (QED) is 0.875. The Morgan fingerprint density at radius 1 is 1.50 bits per heavy atom. The first-order chi connectivity index (χ1) is 7.69. The lowest BCUT2D eigenvalue weighted by atomic mass is 9.80. The number of hydrogen-bond donors (Lipinski definition) is 1. The predicted molar refractivity (Wildman–Crippen MR) is 64.0 cm³/mol. The van der Waals surface area contributed by atoms with E-state index in [1.807, 2.05) is 18.2 Å². The van der Waals surface area contributed by atoms with E-state index in [4.69, 9.17) is 26.8 Å². The van der Waals surface area contributed by atoms with Gasteiger partial charge in [0.25, 0.3) is 0 Å². The van der Waals surface area contributed by atoms with Gasteiger partial charge in [0.05, 0.1) is 25.3 Å². The SMILES string of the molecule is COc1ccc(CC2(CN)COC2)cc1Cl. The van der Waals surface area contributed by atoms with Crippen LogP contribution in [-0.2, 0) is 11.2 Å². The molecule has 0 atom stereocenters. The van der Waals surface area contributed by atoms with Gasteiger partial charge in [-0.25, -0.2) is 0 Å². The fourth-order valence-electron chi connectivity index (χ4n) is 1.94. The third-order valence-corrected chi connectivity index (χ3v) is 3.34. The molecule has 2 rings (SSSR count). The maximum Gasteiger partial charge on any atom is 0.137 e. The second-order valence-corrected chi connectivity index (χ2v) is 4.75. The first-order valence-corrected chi connectivity index (χ1v) is 5.67. The molecule has 1 fully saturated rings. The van der Waals surface area contributed by atoms with Crippen molar-refractivity contribution in [3.8, 4) is 5.75 Å². The summed E-state index contributed by atoms with van der Waals surface area (Å²) in [5.74, 6) is 0.706. The molecule has 0 radical (unpaired) electrons. The summed E-state index contributed by atoms with van der Waals surface area (Å²) in [5.41, 5.74) is 7.06. The monoisotopic (exact) mass is 241 g/mol. The number of benzene rings is 1. The molecule has 0 saturated carbocycles. The van der Waals surface area contributed by atoms with E-state index in [2.05, 4.69) is 0 Å². The molecule has 0 aliphatic carbocycles. The Labute approximate surface area is 100 Å². The number of halogens is 1. The molecular formula is C12H16ClNO2. The van der Waals surface area contributed by atoms with Crippen LogP contribution in [0.5, 0.6) is 5.75 Å². The first kappa shape index (κ1) is 11.7. The van der Waals surface area contributed by atoms with Crippen LogP contribution in [0, 0.1) is 5.41 Å². The van der Waals surface area contributed by atoms with Gasteiger partial charge < -0.3 is 15.2 Å². The van der Waals surface area contributed by atoms with Crippen LogP contribution >= 0.6 is 11.6 Å². The lowest BCUT2D eigenvalue weighted by Gasteiger charge is -2.40. The maximum atomic E-state index is 6.08. The van der Waals surface area contributed by atoms with Crippen molar-refractivity contribution in [2.45, 2.75) is 6.42 Å². The highest BCUT2D eigenvalue weighted by Crippen LogP contribution is 2.33. The van der Waals surface area contributed by atoms with E-state index >= 15 is 0 Å². The third kappa shape index (κ3) is 2.17. The van der Waals surface area contributed by atoms with Crippen LogP contribution in [0.4, 0.5) is 0 Å². The zero-order valence-corrected chi connectivity index (χ0v) is 10.1. The van der Waals surface area contributed by atoms with Crippen molar-refractivity contribution in [2.75, 3.05) is 26.9 Å². The Kier molecular flexibility index (Phi) is 3.38. The molecule has 1 saturated heterocycles. The van der Waals surface area contributed by atoms with Crippen molar-refractivity contribution in [2.24, 2.45) is 11.1 Å². The van der Waals surface area contributed by atoms with Gasteiger partial charge in [-0.1, -0.05) is 17.7 Å². The van der Waals surface area contributed by atoms with Crippen LogP contribution in [0.2, 0.25) is 5.02 Å². The zero-order chi connectivity index (χ0) is 11.6. The second kappa shape index (κ2) is 4.62. The van der Waals surface area contributed by atoms with E-state index in [0.717, 1.165) is 19.6 Å². The normalized spacial score (nSPS) is 17.9. The molecule has 0 bridgehead atoms. The highest BCUT2D eigenvalue weighted by atomic mass is 35.5. The van der Waals surface area contributed by atoms with Crippen molar-refractivity contribution in [1.29, 1.82) is 0 Å². The van der Waals surface area contributed by atoms with Crippen LogP contribution in [0.3, 0.4) is 0 Å². The molecule has 16 heavy (non-hydrogen) atoms. The summed E-state index contributed by atoms with van der Waals surface area (Å²) >= 11 is 6.08. The molecule has 1 aliphatic rings. The van der Waals surface area contributed by atoms with Gasteiger partial charge in [0, 0.05) is 12.0 Å². The molecule has 1 heterocycles. The minimum atomic E-state index is 0.109. The number of methoxy groups -OCH3 is 1. The fourth-order valence-corrected chi connectivity index (χ4v) is 2.22. The maximum absolute atomic E-state index is 6.08. The van der Waals surface area contributed by atoms with Gasteiger partial charge in [-0.15, -0.1) is 0 Å². The summed E-state index contributed by atoms with van der Waals surface area (Å²) in [6, 6.07) is 5.86. The van der Waals surface area contributed by atoms with Crippen LogP contribution in [0.15, 0.2) is 18.2 Å². The van der Waals surface area contributed by atoms with Crippen LogP contribution < -0.4 is 10.5 Å². The summed E-state index contributed by atoms with van der Waals surface area (Å²) in [6.45, 7) is 2.14. The van der Waals surface area contributed by atoms with Gasteiger partial charge in [-0.2, -0.15) is 0 Å². The molecule has 1 aliphatic heterocycles. The summed E-state index contributed by atoms with van der Waals surface area (Å²) in [7, 11) is 1.61. The Hall–Kier alpha value is -0.770. The number of nitrogens with two attached hydrogens (primary N) is 1. The standard InChI is InChI=1S/C12H16ClNO2/c1-15-11-3-2-9(4-10(11)13)5-12(6-14)7-16-8-12/h2-4H,5-8,14H2,1H3. The number of ether oxygens (including phenoxy) is 2. The van der Waals surface area contributed by atoms with Gasteiger partial charge in [0.15, 0.2) is 0 Å². The summed E-state index contributed by atoms with van der Waals surface area (Å²) < 4.78 is 10.4. The van der Waals surface area contributed by atoms with Gasteiger partial charge >= 0.3 is 0 Å². The molecule has 1 aromatic carbocycles. The van der Waals surface area contributed by atoms with Crippen molar-refractivity contribution in [1.82, 2.24) is 0 Å². The second-order valence-electron chi connectivity index (χ2n) is 4.34. The van der Waals surface area contributed by atoms with E-state index < -0.39 is 0 Å². The Balaban J connectivity index is 2.13. The van der Waals surface area contributed by atoms with Crippen molar-refractivity contribution in [3.05, 3.63) is 28.8 Å². The van der Waals surface area contributed by atoms with Gasteiger partial charge in [-0.05, 0) is 24.1 Å². The molecule has 2 N–H and O–H groups in total. The summed E-state index contributed by atoms with van der Waals surface area (Å²) in [6.07, 6.45) is 0.910. The molecular weight excluding hydrogens is 226 g/mol. The molecule has 0 amide bonds. The predicted octanol–water partition coefficient (Wildman–Crippen LogP) is 1.87. The Bertz CT molecular complexity index is 372. The average molecular weight is 242 g/mol. The molecule has 0 spiro atoms. The molecule has 1 aromatic rings. The minimum absolute atomic E-state index is 0.109. The van der Waals surface area contributed by atoms with E-state index in [-0.39, 0.29) is 5.41 Å². The van der Waals surface area contributed by atoms with Crippen LogP contribution in [0.25, 0.3) is 0 Å². The van der Waals surface area contributed by atoms with E-state index in [0.29, 0.717) is 17.3 Å². The summed E-state index contributed by atoms with van der Waals surface area (Å²) in [5, 5.41) is 0.646. The largest absolute Gasteiger partial charge is 0.495 e. The van der Waals surface area contributed by atoms with Gasteiger partial charge in [-0.3, -0.25) is 0 Å². The van der Waals surface area contributed by atoms with Gasteiger partial charge in [0.1, 0.15) is 5.75 Å². The van der Waals surface area contributed by atoms with Crippen molar-refractivity contribution < 1.29 is 9.47 Å². The number of rotatable bonds is 4. The Morgan fingerprint density at radius 3 is 2.69 bits per heavy atom. The minimum Gasteiger partial charge on any atom is -0.495 e. The topological polar surface area (TPSA) is 44.5 Å². The van der Waals surface area contributed by atoms with E-state index in [9.17, 15) is 0 Å². The smallest absolute Gasteiger partial charge is 0.137 e. The molecule has 0 unspecified atom stereocenters. The fraction of sp³-hybridized carbons (Fsp3) is 0.500. The van der Waals surface area contributed by atoms with E-state index in [1.165, 1.54) is 5.56 Å². The first-order valence-electron chi connectivity index (χ1n) is 5.29. The molecule has 4 heteroatoms. The van der Waals surface area contributed by atoms with Crippen molar-refractivity contribution in [3.63, 3.8) is 0 Å². The number of hydrogen-bond acceptors (Lipinski definition) is 3. The van der Waals surface area contributed by atoms with Crippen LogP contribution in [0.1, 0.15) is 5.56 Å². The lowest BCUT2D eigenvalue weighted by molar-refractivity contribution is -0.106. The third-order valence-electron chi connectivity index (χ3n) is 3.04. The van der Waals surface area contributed by atoms with E-state index in [1.54, 1.807) is 7.11 Å².